The van der Waals surface area contributed by atoms with Gasteiger partial charge in [0.05, 0.1) is 5.02 Å². The summed E-state index contributed by atoms with van der Waals surface area (Å²) in [5.41, 5.74) is 3.78. The number of nitrogens with one attached hydrogen (secondary N) is 2. The van der Waals surface area contributed by atoms with Gasteiger partial charge >= 0.3 is 0 Å². The van der Waals surface area contributed by atoms with E-state index in [0.717, 1.165) is 47.5 Å². The Balaban J connectivity index is 1.57. The van der Waals surface area contributed by atoms with E-state index >= 15 is 0 Å². The molecule has 0 unspecified atom stereocenters. The van der Waals surface area contributed by atoms with Crippen LogP contribution in [0.25, 0.3) is 10.9 Å². The maximum atomic E-state index is 6.34. The molecule has 4 heteroatoms. The number of hydrogen-bond acceptors (Lipinski definition) is 2. The number of H-pyrrole nitrogens is 1. The molecule has 0 saturated heterocycles. The van der Waals surface area contributed by atoms with E-state index in [1.807, 2.05) is 12.3 Å². The van der Waals surface area contributed by atoms with Crippen LogP contribution < -0.4 is 10.1 Å². The fraction of sp³-hybridized carbons (Fsp3) is 0.391. The summed E-state index contributed by atoms with van der Waals surface area (Å²) >= 11 is 6.34. The predicted octanol–water partition coefficient (Wildman–Crippen LogP) is 5.76. The fourth-order valence-corrected chi connectivity index (χ4v) is 3.61. The average molecular weight is 385 g/mol. The van der Waals surface area contributed by atoms with Gasteiger partial charge in [0.25, 0.3) is 0 Å². The Morgan fingerprint density at radius 3 is 2.56 bits per heavy atom. The van der Waals surface area contributed by atoms with Crippen molar-refractivity contribution in [3.63, 3.8) is 0 Å². The normalized spacial score (nSPS) is 11.9. The molecule has 0 fully saturated rings. The minimum Gasteiger partial charge on any atom is -0.492 e. The third kappa shape index (κ3) is 5.50. The molecular weight excluding hydrogens is 356 g/mol. The average Bonchev–Trinajstić information content (AvgIpc) is 3.01. The highest BCUT2D eigenvalue weighted by Gasteiger charge is 2.10. The highest BCUT2D eigenvalue weighted by molar-refractivity contribution is 6.35. The number of rotatable bonds is 8. The molecule has 0 radical (unpaired) electrons. The third-order valence-corrected chi connectivity index (χ3v) is 4.92. The summed E-state index contributed by atoms with van der Waals surface area (Å²) in [6, 6.07) is 14.7. The molecule has 27 heavy (non-hydrogen) atoms. The molecular formula is C23H29ClN2O. The maximum absolute atomic E-state index is 6.34. The van der Waals surface area contributed by atoms with Crippen LogP contribution in [0.3, 0.4) is 0 Å². The van der Waals surface area contributed by atoms with Gasteiger partial charge in [-0.15, -0.1) is 0 Å². The Morgan fingerprint density at radius 2 is 1.74 bits per heavy atom. The molecule has 0 amide bonds. The Bertz CT molecular complexity index is 879. The van der Waals surface area contributed by atoms with Crippen molar-refractivity contribution in [2.45, 2.75) is 45.6 Å². The summed E-state index contributed by atoms with van der Waals surface area (Å²) in [5.74, 6) is 0.992. The number of aryl methyl sites for hydroxylation is 2. The number of fused-ring (bicyclic) bond motifs is 1. The topological polar surface area (TPSA) is 37.0 Å². The van der Waals surface area contributed by atoms with Crippen molar-refractivity contribution < 1.29 is 4.74 Å². The molecule has 3 rings (SSSR count). The van der Waals surface area contributed by atoms with E-state index in [4.69, 9.17) is 16.3 Å². The Morgan fingerprint density at radius 1 is 1.00 bits per heavy atom. The highest BCUT2D eigenvalue weighted by Crippen LogP contribution is 2.28. The van der Waals surface area contributed by atoms with E-state index in [1.54, 1.807) is 0 Å². The molecule has 3 aromatic rings. The summed E-state index contributed by atoms with van der Waals surface area (Å²) in [4.78, 5) is 3.23. The number of para-hydroxylation sites is 1. The number of aromatic amines is 1. The van der Waals surface area contributed by atoms with Crippen LogP contribution in [0.1, 0.15) is 38.3 Å². The molecule has 0 bridgehead atoms. The predicted molar refractivity (Wildman–Crippen MR) is 115 cm³/mol. The maximum Gasteiger partial charge on any atom is 0.122 e. The number of benzene rings is 2. The molecule has 3 nitrogen and oxygen atoms in total. The second kappa shape index (κ2) is 8.81. The summed E-state index contributed by atoms with van der Waals surface area (Å²) in [7, 11) is 0. The summed E-state index contributed by atoms with van der Waals surface area (Å²) in [5, 5.41) is 5.41. The van der Waals surface area contributed by atoms with Crippen LogP contribution in [0.4, 0.5) is 0 Å². The lowest BCUT2D eigenvalue weighted by atomic mass is 10.0. The smallest absolute Gasteiger partial charge is 0.122 e. The number of halogens is 1. The SMILES string of the molecule is CC(C)(C)NCCOc1ccccc1CCCc1cccc2[nH]cc(Cl)c12. The Kier molecular flexibility index (Phi) is 6.46. The minimum absolute atomic E-state index is 0.114. The summed E-state index contributed by atoms with van der Waals surface area (Å²) < 4.78 is 6.02. The van der Waals surface area contributed by atoms with Crippen LogP contribution in [0, 0.1) is 0 Å². The van der Waals surface area contributed by atoms with E-state index in [2.05, 4.69) is 67.5 Å². The van der Waals surface area contributed by atoms with Crippen molar-refractivity contribution in [2.24, 2.45) is 0 Å². The van der Waals surface area contributed by atoms with Gasteiger partial charge in [0.1, 0.15) is 12.4 Å². The lowest BCUT2D eigenvalue weighted by molar-refractivity contribution is 0.288. The van der Waals surface area contributed by atoms with Gasteiger partial charge < -0.3 is 15.0 Å². The van der Waals surface area contributed by atoms with Crippen molar-refractivity contribution >= 4 is 22.5 Å². The highest BCUT2D eigenvalue weighted by atomic mass is 35.5. The molecule has 0 aliphatic heterocycles. The molecule has 0 atom stereocenters. The fourth-order valence-electron chi connectivity index (χ4n) is 3.33. The molecule has 0 aliphatic carbocycles. The van der Waals surface area contributed by atoms with Gasteiger partial charge in [-0.3, -0.25) is 0 Å². The molecule has 144 valence electrons. The molecule has 1 aromatic heterocycles. The van der Waals surface area contributed by atoms with Crippen LogP contribution >= 0.6 is 11.6 Å². The number of hydrogen-bond donors (Lipinski definition) is 2. The molecule has 0 spiro atoms. The Labute approximate surface area is 167 Å². The zero-order chi connectivity index (χ0) is 19.3. The molecule has 2 aromatic carbocycles. The van der Waals surface area contributed by atoms with Crippen LogP contribution in [0.2, 0.25) is 5.02 Å². The first-order chi connectivity index (χ1) is 12.9. The first-order valence-corrected chi connectivity index (χ1v) is 10.0. The van der Waals surface area contributed by atoms with Gasteiger partial charge in [-0.2, -0.15) is 0 Å². The zero-order valence-electron chi connectivity index (χ0n) is 16.4. The van der Waals surface area contributed by atoms with Gasteiger partial charge in [-0.1, -0.05) is 41.9 Å². The molecule has 1 heterocycles. The van der Waals surface area contributed by atoms with Crippen LogP contribution in [-0.2, 0) is 12.8 Å². The largest absolute Gasteiger partial charge is 0.492 e. The van der Waals surface area contributed by atoms with E-state index in [1.165, 1.54) is 11.1 Å². The first-order valence-electron chi connectivity index (χ1n) is 9.64. The first kappa shape index (κ1) is 19.8. The number of ether oxygens (including phenoxy) is 1. The molecule has 2 N–H and O–H groups in total. The van der Waals surface area contributed by atoms with Gasteiger partial charge in [0.15, 0.2) is 0 Å². The lowest BCUT2D eigenvalue weighted by Crippen LogP contribution is -2.38. The standard InChI is InChI=1S/C23H29ClN2O/c1-23(2,3)26-14-15-27-21-13-5-4-8-17(21)9-6-10-18-11-7-12-20-22(18)19(24)16-25-20/h4-5,7-8,11-13,16,25-26H,6,9-10,14-15H2,1-3H3. The number of aromatic nitrogens is 1. The van der Waals surface area contributed by atoms with Crippen molar-refractivity contribution in [3.8, 4) is 5.75 Å². The Hall–Kier alpha value is -1.97. The minimum atomic E-state index is 0.114. The molecule has 0 saturated carbocycles. The van der Waals surface area contributed by atoms with E-state index in [-0.39, 0.29) is 5.54 Å². The summed E-state index contributed by atoms with van der Waals surface area (Å²) in [6.07, 6.45) is 4.90. The van der Waals surface area contributed by atoms with Gasteiger partial charge in [0.2, 0.25) is 0 Å². The third-order valence-electron chi connectivity index (χ3n) is 4.62. The van der Waals surface area contributed by atoms with Crippen LogP contribution in [0.15, 0.2) is 48.7 Å². The van der Waals surface area contributed by atoms with Crippen molar-refractivity contribution in [1.82, 2.24) is 10.3 Å². The van der Waals surface area contributed by atoms with Gasteiger partial charge in [-0.25, -0.2) is 0 Å². The second-order valence-corrected chi connectivity index (χ2v) is 8.37. The van der Waals surface area contributed by atoms with Crippen molar-refractivity contribution in [1.29, 1.82) is 0 Å². The summed E-state index contributed by atoms with van der Waals surface area (Å²) in [6.45, 7) is 8.01. The molecule has 0 aliphatic rings. The van der Waals surface area contributed by atoms with Gasteiger partial charge in [0, 0.05) is 29.2 Å². The quantitative estimate of drug-likeness (QED) is 0.484. The van der Waals surface area contributed by atoms with Crippen LogP contribution in [0.5, 0.6) is 5.75 Å². The van der Waals surface area contributed by atoms with Crippen molar-refractivity contribution in [2.75, 3.05) is 13.2 Å². The van der Waals surface area contributed by atoms with Gasteiger partial charge in [-0.05, 0) is 63.3 Å². The van der Waals surface area contributed by atoms with Crippen molar-refractivity contribution in [3.05, 3.63) is 64.8 Å². The van der Waals surface area contributed by atoms with E-state index < -0.39 is 0 Å². The van der Waals surface area contributed by atoms with E-state index in [0.29, 0.717) is 6.61 Å². The van der Waals surface area contributed by atoms with Crippen LogP contribution in [-0.4, -0.2) is 23.7 Å². The lowest BCUT2D eigenvalue weighted by Gasteiger charge is -2.21. The van der Waals surface area contributed by atoms with E-state index in [9.17, 15) is 0 Å². The monoisotopic (exact) mass is 384 g/mol. The second-order valence-electron chi connectivity index (χ2n) is 7.96. The zero-order valence-corrected chi connectivity index (χ0v) is 17.2.